The zero-order chi connectivity index (χ0) is 14.5. The van der Waals surface area contributed by atoms with Crippen LogP contribution in [0.15, 0.2) is 30.6 Å². The first-order valence-electron chi connectivity index (χ1n) is 6.14. The number of benzene rings is 1. The van der Waals surface area contributed by atoms with Gasteiger partial charge in [-0.25, -0.2) is 0 Å². The van der Waals surface area contributed by atoms with Crippen molar-refractivity contribution >= 4 is 11.6 Å². The summed E-state index contributed by atoms with van der Waals surface area (Å²) in [6, 6.07) is 5.31. The van der Waals surface area contributed by atoms with E-state index in [2.05, 4.69) is 4.98 Å². The lowest BCUT2D eigenvalue weighted by Crippen LogP contribution is -2.02. The Kier molecular flexibility index (Phi) is 4.82. The quantitative estimate of drug-likeness (QED) is 0.920. The average Bonchev–Trinajstić information content (AvgIpc) is 2.45. The lowest BCUT2D eigenvalue weighted by atomic mass is 10.2. The van der Waals surface area contributed by atoms with Gasteiger partial charge in [-0.3, -0.25) is 4.98 Å². The summed E-state index contributed by atoms with van der Waals surface area (Å²) < 4.78 is 11.0. The van der Waals surface area contributed by atoms with Crippen LogP contribution in [0.25, 0.3) is 0 Å². The number of hydrogen-bond acceptors (Lipinski definition) is 4. The van der Waals surface area contributed by atoms with E-state index in [1.54, 1.807) is 24.5 Å². The fourth-order valence-corrected chi connectivity index (χ4v) is 2.14. The minimum absolute atomic E-state index is 0.168. The SMILES string of the molecule is COc1cc(Cl)cc(CO)c1OCc1cncc(C)c1. The van der Waals surface area contributed by atoms with Gasteiger partial charge in [-0.05, 0) is 24.6 Å². The van der Waals surface area contributed by atoms with Crippen LogP contribution < -0.4 is 9.47 Å². The third kappa shape index (κ3) is 3.40. The van der Waals surface area contributed by atoms with Crippen LogP contribution in [0.2, 0.25) is 5.02 Å². The van der Waals surface area contributed by atoms with E-state index in [1.807, 2.05) is 13.0 Å². The molecular weight excluding hydrogens is 278 g/mol. The smallest absolute Gasteiger partial charge is 0.167 e. The predicted octanol–water partition coefficient (Wildman–Crippen LogP) is 3.12. The van der Waals surface area contributed by atoms with E-state index in [0.29, 0.717) is 28.7 Å². The van der Waals surface area contributed by atoms with Gasteiger partial charge in [0.25, 0.3) is 0 Å². The number of aliphatic hydroxyl groups excluding tert-OH is 1. The first kappa shape index (κ1) is 14.6. The number of methoxy groups -OCH3 is 1. The minimum atomic E-state index is -0.168. The number of halogens is 1. The molecule has 0 aliphatic rings. The zero-order valence-electron chi connectivity index (χ0n) is 11.4. The molecule has 0 amide bonds. The third-order valence-electron chi connectivity index (χ3n) is 2.80. The summed E-state index contributed by atoms with van der Waals surface area (Å²) in [5.74, 6) is 1.00. The van der Waals surface area contributed by atoms with Gasteiger partial charge in [0.1, 0.15) is 6.61 Å². The van der Waals surface area contributed by atoms with E-state index in [4.69, 9.17) is 21.1 Å². The Labute approximate surface area is 122 Å². The van der Waals surface area contributed by atoms with Crippen molar-refractivity contribution in [1.82, 2.24) is 4.98 Å². The Morgan fingerprint density at radius 3 is 2.70 bits per heavy atom. The van der Waals surface area contributed by atoms with Crippen molar-refractivity contribution in [3.05, 3.63) is 52.3 Å². The maximum Gasteiger partial charge on any atom is 0.167 e. The Balaban J connectivity index is 2.24. The number of hydrogen-bond donors (Lipinski definition) is 1. The molecule has 2 rings (SSSR count). The predicted molar refractivity (Wildman–Crippen MR) is 77.2 cm³/mol. The van der Waals surface area contributed by atoms with Crippen molar-refractivity contribution in [3.8, 4) is 11.5 Å². The highest BCUT2D eigenvalue weighted by molar-refractivity contribution is 6.30. The molecule has 0 fully saturated rings. The third-order valence-corrected chi connectivity index (χ3v) is 3.02. The summed E-state index contributed by atoms with van der Waals surface area (Å²) in [5, 5.41) is 9.89. The number of aliphatic hydroxyl groups is 1. The van der Waals surface area contributed by atoms with Gasteiger partial charge < -0.3 is 14.6 Å². The topological polar surface area (TPSA) is 51.6 Å². The molecule has 0 aliphatic heterocycles. The van der Waals surface area contributed by atoms with Crippen LogP contribution in [0.4, 0.5) is 0 Å². The number of aromatic nitrogens is 1. The van der Waals surface area contributed by atoms with Crippen molar-refractivity contribution in [2.45, 2.75) is 20.1 Å². The molecule has 2 aromatic rings. The molecule has 0 aliphatic carbocycles. The van der Waals surface area contributed by atoms with E-state index < -0.39 is 0 Å². The van der Waals surface area contributed by atoms with Crippen LogP contribution >= 0.6 is 11.6 Å². The Hall–Kier alpha value is -1.78. The molecule has 0 atom stereocenters. The van der Waals surface area contributed by atoms with Crippen molar-refractivity contribution < 1.29 is 14.6 Å². The highest BCUT2D eigenvalue weighted by Crippen LogP contribution is 2.35. The van der Waals surface area contributed by atoms with E-state index in [0.717, 1.165) is 11.1 Å². The van der Waals surface area contributed by atoms with Gasteiger partial charge in [0.2, 0.25) is 0 Å². The fourth-order valence-electron chi connectivity index (χ4n) is 1.91. The molecular formula is C15H16ClNO3. The number of pyridine rings is 1. The van der Waals surface area contributed by atoms with Crippen molar-refractivity contribution in [1.29, 1.82) is 0 Å². The molecule has 0 unspecified atom stereocenters. The maximum absolute atomic E-state index is 9.40. The van der Waals surface area contributed by atoms with Gasteiger partial charge in [0.05, 0.1) is 13.7 Å². The molecule has 1 heterocycles. The molecule has 1 aromatic carbocycles. The Morgan fingerprint density at radius 1 is 1.25 bits per heavy atom. The van der Waals surface area contributed by atoms with Crippen molar-refractivity contribution in [2.24, 2.45) is 0 Å². The monoisotopic (exact) mass is 293 g/mol. The molecule has 4 nitrogen and oxygen atoms in total. The Morgan fingerprint density at radius 2 is 2.05 bits per heavy atom. The van der Waals surface area contributed by atoms with Gasteiger partial charge in [0.15, 0.2) is 11.5 Å². The molecule has 0 saturated carbocycles. The number of nitrogens with zero attached hydrogens (tertiary/aromatic N) is 1. The van der Waals surface area contributed by atoms with Crippen LogP contribution in [-0.4, -0.2) is 17.2 Å². The molecule has 106 valence electrons. The second kappa shape index (κ2) is 6.59. The number of aryl methyl sites for hydroxylation is 1. The molecule has 0 spiro atoms. The van der Waals surface area contributed by atoms with E-state index in [9.17, 15) is 5.11 Å². The first-order chi connectivity index (χ1) is 9.63. The second-order valence-electron chi connectivity index (χ2n) is 4.41. The second-order valence-corrected chi connectivity index (χ2v) is 4.85. The van der Waals surface area contributed by atoms with Crippen LogP contribution in [0.3, 0.4) is 0 Å². The van der Waals surface area contributed by atoms with E-state index in [1.165, 1.54) is 7.11 Å². The standard InChI is InChI=1S/C15H16ClNO3/c1-10-3-11(7-17-6-10)9-20-15-12(8-18)4-13(16)5-14(15)19-2/h3-7,18H,8-9H2,1-2H3. The molecule has 20 heavy (non-hydrogen) atoms. The van der Waals surface area contributed by atoms with Gasteiger partial charge in [0, 0.05) is 34.6 Å². The van der Waals surface area contributed by atoms with Gasteiger partial charge in [-0.2, -0.15) is 0 Å². The Bertz CT molecular complexity index is 576. The summed E-state index contributed by atoms with van der Waals surface area (Å²) in [6.45, 7) is 2.15. The van der Waals surface area contributed by atoms with E-state index in [-0.39, 0.29) is 6.61 Å². The van der Waals surface area contributed by atoms with Gasteiger partial charge in [-0.1, -0.05) is 11.6 Å². The summed E-state index contributed by atoms with van der Waals surface area (Å²) in [4.78, 5) is 4.11. The summed E-state index contributed by atoms with van der Waals surface area (Å²) >= 11 is 5.96. The average molecular weight is 294 g/mol. The molecule has 0 saturated heterocycles. The van der Waals surface area contributed by atoms with Crippen LogP contribution in [-0.2, 0) is 13.2 Å². The highest BCUT2D eigenvalue weighted by Gasteiger charge is 2.12. The summed E-state index contributed by atoms with van der Waals surface area (Å²) in [5.41, 5.74) is 2.61. The highest BCUT2D eigenvalue weighted by atomic mass is 35.5. The molecule has 1 N–H and O–H groups in total. The first-order valence-corrected chi connectivity index (χ1v) is 6.52. The lowest BCUT2D eigenvalue weighted by Gasteiger charge is -2.14. The minimum Gasteiger partial charge on any atom is -0.493 e. The fraction of sp³-hybridized carbons (Fsp3) is 0.267. The van der Waals surface area contributed by atoms with Gasteiger partial charge >= 0.3 is 0 Å². The number of ether oxygens (including phenoxy) is 2. The largest absolute Gasteiger partial charge is 0.493 e. The molecule has 0 radical (unpaired) electrons. The van der Waals surface area contributed by atoms with Crippen LogP contribution in [0.1, 0.15) is 16.7 Å². The van der Waals surface area contributed by atoms with Gasteiger partial charge in [-0.15, -0.1) is 0 Å². The maximum atomic E-state index is 9.40. The van der Waals surface area contributed by atoms with Crippen molar-refractivity contribution in [2.75, 3.05) is 7.11 Å². The van der Waals surface area contributed by atoms with Crippen molar-refractivity contribution in [3.63, 3.8) is 0 Å². The lowest BCUT2D eigenvalue weighted by molar-refractivity contribution is 0.249. The van der Waals surface area contributed by atoms with Crippen LogP contribution in [0, 0.1) is 6.92 Å². The summed E-state index contributed by atoms with van der Waals surface area (Å²) in [6.07, 6.45) is 3.53. The van der Waals surface area contributed by atoms with E-state index >= 15 is 0 Å². The zero-order valence-corrected chi connectivity index (χ0v) is 12.1. The number of rotatable bonds is 5. The van der Waals surface area contributed by atoms with Crippen LogP contribution in [0.5, 0.6) is 11.5 Å². The molecule has 1 aromatic heterocycles. The summed E-state index contributed by atoms with van der Waals surface area (Å²) in [7, 11) is 1.54. The normalized spacial score (nSPS) is 10.4. The molecule has 0 bridgehead atoms. The molecule has 5 heteroatoms.